The van der Waals surface area contributed by atoms with Crippen LogP contribution in [0, 0.1) is 5.92 Å². The highest BCUT2D eigenvalue weighted by Crippen LogP contribution is 2.23. The van der Waals surface area contributed by atoms with E-state index in [4.69, 9.17) is 0 Å². The predicted octanol–water partition coefficient (Wildman–Crippen LogP) is -0.389. The molecule has 1 amide bonds. The number of rotatable bonds is 5. The maximum atomic E-state index is 12.2. The van der Waals surface area contributed by atoms with Crippen LogP contribution in [0.15, 0.2) is 0 Å². The quantitative estimate of drug-likeness (QED) is 0.722. The van der Waals surface area contributed by atoms with Gasteiger partial charge >= 0.3 is 0 Å². The van der Waals surface area contributed by atoms with Gasteiger partial charge in [-0.05, 0) is 52.2 Å². The van der Waals surface area contributed by atoms with E-state index in [1.54, 1.807) is 0 Å². The molecule has 0 radical (unpaired) electrons. The van der Waals surface area contributed by atoms with E-state index in [-0.39, 0.29) is 17.4 Å². The number of piperidine rings is 1. The molecule has 2 heterocycles. The van der Waals surface area contributed by atoms with Crippen LogP contribution in [0.1, 0.15) is 26.2 Å². The lowest BCUT2D eigenvalue weighted by atomic mass is 9.98. The fourth-order valence-corrected chi connectivity index (χ4v) is 5.53. The van der Waals surface area contributed by atoms with E-state index >= 15 is 0 Å². The number of carbonyl (C=O) groups is 1. The zero-order valence-corrected chi connectivity index (χ0v) is 13.8. The molecule has 2 atom stereocenters. The first-order chi connectivity index (χ1) is 9.82. The Labute approximate surface area is 127 Å². The van der Waals surface area contributed by atoms with Crippen molar-refractivity contribution in [3.63, 3.8) is 0 Å². The number of sulfone groups is 1. The van der Waals surface area contributed by atoms with Crippen LogP contribution in [0.2, 0.25) is 0 Å². The van der Waals surface area contributed by atoms with Crippen molar-refractivity contribution in [3.05, 3.63) is 0 Å². The van der Waals surface area contributed by atoms with Gasteiger partial charge in [0.05, 0.1) is 23.6 Å². The first kappa shape index (κ1) is 16.7. The van der Waals surface area contributed by atoms with E-state index in [1.807, 2.05) is 14.0 Å². The van der Waals surface area contributed by atoms with Crippen molar-refractivity contribution < 1.29 is 13.2 Å². The summed E-state index contributed by atoms with van der Waals surface area (Å²) in [5.74, 6) is 0.782. The summed E-state index contributed by atoms with van der Waals surface area (Å²) < 4.78 is 23.1. The maximum absolute atomic E-state index is 12.2. The number of nitrogens with one attached hydrogen (secondary N) is 2. The van der Waals surface area contributed by atoms with Crippen molar-refractivity contribution in [3.8, 4) is 0 Å². The van der Waals surface area contributed by atoms with Gasteiger partial charge in [-0.15, -0.1) is 0 Å². The van der Waals surface area contributed by atoms with Gasteiger partial charge in [-0.2, -0.15) is 0 Å². The Balaban J connectivity index is 1.82. The molecule has 0 aliphatic carbocycles. The Morgan fingerprint density at radius 1 is 1.43 bits per heavy atom. The summed E-state index contributed by atoms with van der Waals surface area (Å²) in [4.78, 5) is 14.4. The molecule has 2 saturated heterocycles. The van der Waals surface area contributed by atoms with Crippen molar-refractivity contribution in [2.45, 2.75) is 31.7 Å². The van der Waals surface area contributed by atoms with Gasteiger partial charge in [-0.3, -0.25) is 9.69 Å². The molecular formula is C14H27N3O3S. The van der Waals surface area contributed by atoms with Crippen molar-refractivity contribution in [1.29, 1.82) is 0 Å². The third-order valence-electron chi connectivity index (χ3n) is 4.41. The van der Waals surface area contributed by atoms with Gasteiger partial charge in [0.25, 0.3) is 0 Å². The standard InChI is InChI=1S/C14H27N3O3S/c1-14(5-7-21(19,20)11-14)16-13(18)10-17-6-3-4-12(9-17)8-15-2/h12,15H,3-11H2,1-2H3,(H,16,18). The molecular weight excluding hydrogens is 290 g/mol. The highest BCUT2D eigenvalue weighted by Gasteiger charge is 2.39. The molecule has 2 unspecified atom stereocenters. The van der Waals surface area contributed by atoms with Crippen LogP contribution in [-0.4, -0.2) is 69.5 Å². The topological polar surface area (TPSA) is 78.5 Å². The van der Waals surface area contributed by atoms with E-state index in [9.17, 15) is 13.2 Å². The van der Waals surface area contributed by atoms with Crippen molar-refractivity contribution >= 4 is 15.7 Å². The largest absolute Gasteiger partial charge is 0.349 e. The van der Waals surface area contributed by atoms with Gasteiger partial charge < -0.3 is 10.6 Å². The summed E-state index contributed by atoms with van der Waals surface area (Å²) in [6.45, 7) is 5.06. The lowest BCUT2D eigenvalue weighted by Gasteiger charge is -2.33. The molecule has 6 nitrogen and oxygen atoms in total. The summed E-state index contributed by atoms with van der Waals surface area (Å²) in [6.07, 6.45) is 2.84. The zero-order valence-electron chi connectivity index (χ0n) is 13.0. The van der Waals surface area contributed by atoms with E-state index in [0.29, 0.717) is 18.9 Å². The number of likely N-dealkylation sites (tertiary alicyclic amines) is 1. The normalized spacial score (nSPS) is 33.0. The van der Waals surface area contributed by atoms with Gasteiger partial charge in [-0.25, -0.2) is 8.42 Å². The summed E-state index contributed by atoms with van der Waals surface area (Å²) in [6, 6.07) is 0. The SMILES string of the molecule is CNCC1CCCN(CC(=O)NC2(C)CCS(=O)(=O)C2)C1. The predicted molar refractivity (Wildman–Crippen MR) is 82.9 cm³/mol. The van der Waals surface area contributed by atoms with Gasteiger partial charge in [0, 0.05) is 6.54 Å². The molecule has 2 aliphatic rings. The van der Waals surface area contributed by atoms with Crippen molar-refractivity contribution in [1.82, 2.24) is 15.5 Å². The lowest BCUT2D eigenvalue weighted by Crippen LogP contribution is -2.51. The van der Waals surface area contributed by atoms with Crippen LogP contribution >= 0.6 is 0 Å². The molecule has 2 N–H and O–H groups in total. The summed E-state index contributed by atoms with van der Waals surface area (Å²) in [7, 11) is -1.03. The third-order valence-corrected chi connectivity index (χ3v) is 6.31. The van der Waals surface area contributed by atoms with Gasteiger partial charge in [-0.1, -0.05) is 0 Å². The van der Waals surface area contributed by atoms with E-state index in [2.05, 4.69) is 15.5 Å². The summed E-state index contributed by atoms with van der Waals surface area (Å²) in [5, 5.41) is 6.12. The molecule has 122 valence electrons. The highest BCUT2D eigenvalue weighted by molar-refractivity contribution is 7.91. The van der Waals surface area contributed by atoms with Crippen molar-refractivity contribution in [2.24, 2.45) is 5.92 Å². The molecule has 0 aromatic heterocycles. The molecule has 0 aromatic carbocycles. The summed E-state index contributed by atoms with van der Waals surface area (Å²) >= 11 is 0. The molecule has 2 aliphatic heterocycles. The van der Waals surface area contributed by atoms with Crippen LogP contribution in [0.5, 0.6) is 0 Å². The zero-order chi connectivity index (χ0) is 15.5. The second-order valence-electron chi connectivity index (χ2n) is 6.75. The second kappa shape index (κ2) is 6.62. The molecule has 2 rings (SSSR count). The van der Waals surface area contributed by atoms with Gasteiger partial charge in [0.1, 0.15) is 0 Å². The Kier molecular flexibility index (Phi) is 5.27. The molecule has 0 saturated carbocycles. The Bertz CT molecular complexity index is 478. The van der Waals surface area contributed by atoms with Crippen molar-refractivity contribution in [2.75, 3.05) is 44.7 Å². The smallest absolute Gasteiger partial charge is 0.234 e. The molecule has 2 fully saturated rings. The third kappa shape index (κ3) is 4.93. The molecule has 0 bridgehead atoms. The van der Waals surface area contributed by atoms with Crippen LogP contribution < -0.4 is 10.6 Å². The van der Waals surface area contributed by atoms with E-state index < -0.39 is 15.4 Å². The average Bonchev–Trinajstić information content (AvgIpc) is 2.63. The number of amides is 1. The van der Waals surface area contributed by atoms with Crippen LogP contribution in [0.3, 0.4) is 0 Å². The molecule has 7 heteroatoms. The number of hydrogen-bond acceptors (Lipinski definition) is 5. The average molecular weight is 317 g/mol. The monoisotopic (exact) mass is 317 g/mol. The van der Waals surface area contributed by atoms with E-state index in [1.165, 1.54) is 6.42 Å². The first-order valence-electron chi connectivity index (χ1n) is 7.70. The maximum Gasteiger partial charge on any atom is 0.234 e. The molecule has 21 heavy (non-hydrogen) atoms. The summed E-state index contributed by atoms with van der Waals surface area (Å²) in [5.41, 5.74) is -0.587. The Morgan fingerprint density at radius 3 is 2.81 bits per heavy atom. The minimum Gasteiger partial charge on any atom is -0.349 e. The highest BCUT2D eigenvalue weighted by atomic mass is 32.2. The minimum atomic E-state index is -2.99. The van der Waals surface area contributed by atoms with Crippen LogP contribution in [-0.2, 0) is 14.6 Å². The fraction of sp³-hybridized carbons (Fsp3) is 0.929. The fourth-order valence-electron chi connectivity index (χ4n) is 3.44. The number of carbonyl (C=O) groups excluding carboxylic acids is 1. The van der Waals surface area contributed by atoms with Gasteiger partial charge in [0.15, 0.2) is 9.84 Å². The Hall–Kier alpha value is -0.660. The lowest BCUT2D eigenvalue weighted by molar-refractivity contribution is -0.124. The molecule has 0 aromatic rings. The first-order valence-corrected chi connectivity index (χ1v) is 9.52. The Morgan fingerprint density at radius 2 is 2.19 bits per heavy atom. The number of hydrogen-bond donors (Lipinski definition) is 2. The van der Waals surface area contributed by atoms with E-state index in [0.717, 1.165) is 26.1 Å². The van der Waals surface area contributed by atoms with Crippen LogP contribution in [0.25, 0.3) is 0 Å². The number of nitrogens with zero attached hydrogens (tertiary/aromatic N) is 1. The van der Waals surface area contributed by atoms with Crippen LogP contribution in [0.4, 0.5) is 0 Å². The second-order valence-corrected chi connectivity index (χ2v) is 8.94. The molecule has 0 spiro atoms. The minimum absolute atomic E-state index is 0.0558. The van der Waals surface area contributed by atoms with Gasteiger partial charge in [0.2, 0.25) is 5.91 Å².